The molecular formula is C9H15F3O2. The summed E-state index contributed by atoms with van der Waals surface area (Å²) in [7, 11) is 0. The zero-order chi connectivity index (χ0) is 10.8. The molecule has 5 heteroatoms. The van der Waals surface area contributed by atoms with Crippen LogP contribution in [0.3, 0.4) is 0 Å². The van der Waals surface area contributed by atoms with Crippen molar-refractivity contribution in [3.05, 3.63) is 0 Å². The van der Waals surface area contributed by atoms with E-state index in [0.717, 1.165) is 19.8 Å². The van der Waals surface area contributed by atoms with Crippen molar-refractivity contribution in [1.29, 1.82) is 0 Å². The molecule has 0 spiro atoms. The van der Waals surface area contributed by atoms with E-state index in [-0.39, 0.29) is 0 Å². The van der Waals surface area contributed by atoms with Crippen LogP contribution in [0.15, 0.2) is 0 Å². The molecule has 1 aliphatic carbocycles. The van der Waals surface area contributed by atoms with Gasteiger partial charge in [-0.3, -0.25) is 0 Å². The first kappa shape index (κ1) is 11.8. The van der Waals surface area contributed by atoms with Crippen molar-refractivity contribution < 1.29 is 23.0 Å². The minimum atomic E-state index is -4.34. The molecule has 0 aromatic rings. The molecule has 0 amide bonds. The van der Waals surface area contributed by atoms with Gasteiger partial charge in [0.2, 0.25) is 0 Å². The van der Waals surface area contributed by atoms with Gasteiger partial charge in [-0.1, -0.05) is 12.8 Å². The summed E-state index contributed by atoms with van der Waals surface area (Å²) in [5.74, 6) is 0. The number of rotatable bonds is 2. The molecule has 1 fully saturated rings. The van der Waals surface area contributed by atoms with E-state index in [4.69, 9.17) is 4.74 Å². The minimum Gasteiger partial charge on any atom is -0.390 e. The van der Waals surface area contributed by atoms with Crippen molar-refractivity contribution in [2.24, 2.45) is 0 Å². The van der Waals surface area contributed by atoms with E-state index >= 15 is 0 Å². The summed E-state index contributed by atoms with van der Waals surface area (Å²) in [6.45, 7) is 0.974. The van der Waals surface area contributed by atoms with E-state index in [1.54, 1.807) is 0 Å². The smallest absolute Gasteiger partial charge is 0.390 e. The minimum absolute atomic E-state index is 0.515. The summed E-state index contributed by atoms with van der Waals surface area (Å²) < 4.78 is 41.2. The molecule has 1 rings (SSSR count). The van der Waals surface area contributed by atoms with Crippen molar-refractivity contribution in [3.8, 4) is 0 Å². The molecule has 1 saturated carbocycles. The van der Waals surface area contributed by atoms with E-state index < -0.39 is 24.5 Å². The second kappa shape index (κ2) is 4.49. The zero-order valence-corrected chi connectivity index (χ0v) is 8.05. The van der Waals surface area contributed by atoms with Gasteiger partial charge in [-0.05, 0) is 19.8 Å². The summed E-state index contributed by atoms with van der Waals surface area (Å²) in [5, 5.41) is 9.39. The average molecular weight is 212 g/mol. The Hall–Kier alpha value is -0.290. The predicted molar refractivity (Wildman–Crippen MR) is 44.9 cm³/mol. The van der Waals surface area contributed by atoms with Crippen LogP contribution in [0.25, 0.3) is 0 Å². The molecule has 3 unspecified atom stereocenters. The van der Waals surface area contributed by atoms with Crippen LogP contribution in [-0.4, -0.2) is 29.6 Å². The molecule has 0 radical (unpaired) electrons. The van der Waals surface area contributed by atoms with Crippen molar-refractivity contribution >= 4 is 0 Å². The lowest BCUT2D eigenvalue weighted by Crippen LogP contribution is -2.39. The molecule has 0 bridgehead atoms. The maximum absolute atomic E-state index is 12.1. The number of hydrogen-bond acceptors (Lipinski definition) is 2. The predicted octanol–water partition coefficient (Wildman–Crippen LogP) is 2.26. The Labute approximate surface area is 81.1 Å². The quantitative estimate of drug-likeness (QED) is 0.760. The molecular weight excluding hydrogens is 197 g/mol. The van der Waals surface area contributed by atoms with Crippen molar-refractivity contribution in [2.75, 3.05) is 0 Å². The Morgan fingerprint density at radius 3 is 2.36 bits per heavy atom. The van der Waals surface area contributed by atoms with Crippen molar-refractivity contribution in [1.82, 2.24) is 0 Å². The molecule has 0 aromatic heterocycles. The van der Waals surface area contributed by atoms with Gasteiger partial charge >= 0.3 is 6.18 Å². The first-order valence-electron chi connectivity index (χ1n) is 4.81. The van der Waals surface area contributed by atoms with Gasteiger partial charge in [0.05, 0.1) is 12.2 Å². The molecule has 0 saturated heterocycles. The maximum atomic E-state index is 12.1. The Morgan fingerprint density at radius 2 is 1.86 bits per heavy atom. The van der Waals surface area contributed by atoms with Crippen LogP contribution in [0.1, 0.15) is 32.6 Å². The Kier molecular flexibility index (Phi) is 3.78. The van der Waals surface area contributed by atoms with Crippen LogP contribution >= 0.6 is 0 Å². The Morgan fingerprint density at radius 1 is 1.29 bits per heavy atom. The van der Waals surface area contributed by atoms with Gasteiger partial charge < -0.3 is 9.84 Å². The Balaban J connectivity index is 2.42. The van der Waals surface area contributed by atoms with E-state index in [0.29, 0.717) is 12.8 Å². The first-order chi connectivity index (χ1) is 6.41. The topological polar surface area (TPSA) is 29.5 Å². The molecule has 3 atom stereocenters. The van der Waals surface area contributed by atoms with Gasteiger partial charge in [-0.25, -0.2) is 0 Å². The molecule has 14 heavy (non-hydrogen) atoms. The van der Waals surface area contributed by atoms with Crippen LogP contribution in [0, 0.1) is 0 Å². The number of aliphatic hydroxyl groups is 1. The lowest BCUT2D eigenvalue weighted by molar-refractivity contribution is -0.238. The zero-order valence-electron chi connectivity index (χ0n) is 8.05. The van der Waals surface area contributed by atoms with Crippen molar-refractivity contribution in [2.45, 2.75) is 57.1 Å². The fourth-order valence-electron chi connectivity index (χ4n) is 1.58. The molecule has 84 valence electrons. The summed E-state index contributed by atoms with van der Waals surface area (Å²) >= 11 is 0. The largest absolute Gasteiger partial charge is 0.414 e. The van der Waals surface area contributed by atoms with Gasteiger partial charge in [0, 0.05) is 0 Å². The van der Waals surface area contributed by atoms with Gasteiger partial charge in [0.25, 0.3) is 0 Å². The molecule has 1 N–H and O–H groups in total. The fourth-order valence-corrected chi connectivity index (χ4v) is 1.58. The third-order valence-corrected chi connectivity index (χ3v) is 2.51. The highest BCUT2D eigenvalue weighted by atomic mass is 19.4. The van der Waals surface area contributed by atoms with E-state index in [9.17, 15) is 18.3 Å². The SMILES string of the molecule is CC(OC1CCCCC1O)C(F)(F)F. The lowest BCUT2D eigenvalue weighted by Gasteiger charge is -2.30. The number of aliphatic hydroxyl groups excluding tert-OH is 1. The van der Waals surface area contributed by atoms with Gasteiger partial charge in [-0.15, -0.1) is 0 Å². The van der Waals surface area contributed by atoms with Crippen LogP contribution in [0.2, 0.25) is 0 Å². The van der Waals surface area contributed by atoms with E-state index in [2.05, 4.69) is 0 Å². The molecule has 1 aliphatic rings. The highest BCUT2D eigenvalue weighted by molar-refractivity contribution is 4.77. The number of hydrogen-bond donors (Lipinski definition) is 1. The van der Waals surface area contributed by atoms with E-state index in [1.807, 2.05) is 0 Å². The standard InChI is InChI=1S/C9H15F3O2/c1-6(9(10,11)12)14-8-5-3-2-4-7(8)13/h6-8,13H,2-5H2,1H3. The summed E-state index contributed by atoms with van der Waals surface area (Å²) in [5.41, 5.74) is 0. The Bertz CT molecular complexity index is 181. The molecule has 0 aliphatic heterocycles. The second-order valence-corrected chi connectivity index (χ2v) is 3.71. The maximum Gasteiger partial charge on any atom is 0.414 e. The van der Waals surface area contributed by atoms with Crippen LogP contribution < -0.4 is 0 Å². The van der Waals surface area contributed by atoms with Gasteiger partial charge in [-0.2, -0.15) is 13.2 Å². The fraction of sp³-hybridized carbons (Fsp3) is 1.00. The van der Waals surface area contributed by atoms with Crippen LogP contribution in [0.5, 0.6) is 0 Å². The third kappa shape index (κ3) is 3.13. The monoisotopic (exact) mass is 212 g/mol. The molecule has 0 heterocycles. The first-order valence-corrected chi connectivity index (χ1v) is 4.81. The number of alkyl halides is 3. The van der Waals surface area contributed by atoms with Crippen molar-refractivity contribution in [3.63, 3.8) is 0 Å². The van der Waals surface area contributed by atoms with Gasteiger partial charge in [0.15, 0.2) is 6.10 Å². The highest BCUT2D eigenvalue weighted by Gasteiger charge is 2.39. The number of halogens is 3. The van der Waals surface area contributed by atoms with Crippen LogP contribution in [0.4, 0.5) is 13.2 Å². The summed E-state index contributed by atoms with van der Waals surface area (Å²) in [6, 6.07) is 0. The third-order valence-electron chi connectivity index (χ3n) is 2.51. The average Bonchev–Trinajstić information content (AvgIpc) is 2.07. The normalized spacial score (nSPS) is 31.5. The van der Waals surface area contributed by atoms with Crippen LogP contribution in [-0.2, 0) is 4.74 Å². The molecule has 2 nitrogen and oxygen atoms in total. The second-order valence-electron chi connectivity index (χ2n) is 3.71. The van der Waals surface area contributed by atoms with Gasteiger partial charge in [0.1, 0.15) is 0 Å². The molecule has 0 aromatic carbocycles. The number of ether oxygens (including phenoxy) is 1. The lowest BCUT2D eigenvalue weighted by atomic mass is 9.95. The summed E-state index contributed by atoms with van der Waals surface area (Å²) in [6.07, 6.45) is -4.78. The summed E-state index contributed by atoms with van der Waals surface area (Å²) in [4.78, 5) is 0. The van der Waals surface area contributed by atoms with E-state index in [1.165, 1.54) is 0 Å². The highest BCUT2D eigenvalue weighted by Crippen LogP contribution is 2.28.